The van der Waals surface area contributed by atoms with Crippen LogP contribution in [0.5, 0.6) is 0 Å². The molecule has 9 heavy (non-hydrogen) atoms. The lowest BCUT2D eigenvalue weighted by molar-refractivity contribution is -0.113. The van der Waals surface area contributed by atoms with Crippen molar-refractivity contribution in [3.63, 3.8) is 0 Å². The third-order valence-electron chi connectivity index (χ3n) is 1.26. The molecule has 1 aliphatic heterocycles. The first kappa shape index (κ1) is 6.26. The summed E-state index contributed by atoms with van der Waals surface area (Å²) in [5.74, 6) is 0.0110. The zero-order valence-electron chi connectivity index (χ0n) is 5.48. The van der Waals surface area contributed by atoms with E-state index in [0.717, 1.165) is 13.0 Å². The highest BCUT2D eigenvalue weighted by Crippen LogP contribution is 1.94. The van der Waals surface area contributed by atoms with E-state index in [9.17, 15) is 4.79 Å². The second-order valence-corrected chi connectivity index (χ2v) is 1.93. The molecule has 0 bridgehead atoms. The van der Waals surface area contributed by atoms with E-state index in [1.165, 1.54) is 0 Å². The first-order chi connectivity index (χ1) is 4.34. The number of rotatable bonds is 1. The summed E-state index contributed by atoms with van der Waals surface area (Å²) in [6, 6.07) is 0. The van der Waals surface area contributed by atoms with E-state index in [-0.39, 0.29) is 5.91 Å². The predicted molar refractivity (Wildman–Crippen MR) is 35.6 cm³/mol. The molecule has 0 aliphatic carbocycles. The summed E-state index contributed by atoms with van der Waals surface area (Å²) in [6.07, 6.45) is 0.798. The van der Waals surface area contributed by atoms with Gasteiger partial charge in [-0.25, -0.2) is 0 Å². The summed E-state index contributed by atoms with van der Waals surface area (Å²) in [7, 11) is 0. The van der Waals surface area contributed by atoms with E-state index in [4.69, 9.17) is 0 Å². The normalized spacial score (nSPS) is 22.8. The molecule has 1 amide bonds. The van der Waals surface area contributed by atoms with Gasteiger partial charge in [-0.05, 0) is 6.92 Å². The van der Waals surface area contributed by atoms with Gasteiger partial charge >= 0.3 is 0 Å². The minimum atomic E-state index is 0.0110. The SMILES string of the molecule is CCN=C1CCNC1=O. The van der Waals surface area contributed by atoms with Crippen LogP contribution in [0.2, 0.25) is 0 Å². The van der Waals surface area contributed by atoms with Crippen LogP contribution in [0.4, 0.5) is 0 Å². The zero-order valence-corrected chi connectivity index (χ0v) is 5.48. The van der Waals surface area contributed by atoms with Crippen molar-refractivity contribution in [1.29, 1.82) is 0 Å². The maximum atomic E-state index is 10.7. The van der Waals surface area contributed by atoms with E-state index in [1.807, 2.05) is 6.92 Å². The van der Waals surface area contributed by atoms with E-state index in [0.29, 0.717) is 12.3 Å². The fraction of sp³-hybridized carbons (Fsp3) is 0.667. The van der Waals surface area contributed by atoms with Crippen LogP contribution in [0.25, 0.3) is 0 Å². The van der Waals surface area contributed by atoms with Gasteiger partial charge < -0.3 is 5.32 Å². The molecule has 1 aliphatic rings. The first-order valence-electron chi connectivity index (χ1n) is 3.16. The summed E-state index contributed by atoms with van der Waals surface area (Å²) in [4.78, 5) is 14.7. The molecule has 0 radical (unpaired) electrons. The van der Waals surface area contributed by atoms with E-state index in [2.05, 4.69) is 10.3 Å². The lowest BCUT2D eigenvalue weighted by atomic mass is 10.3. The van der Waals surface area contributed by atoms with Crippen LogP contribution in [0.1, 0.15) is 13.3 Å². The highest BCUT2D eigenvalue weighted by atomic mass is 16.2. The Labute approximate surface area is 54.2 Å². The molecular weight excluding hydrogens is 116 g/mol. The van der Waals surface area contributed by atoms with Gasteiger partial charge in [0.25, 0.3) is 5.91 Å². The van der Waals surface area contributed by atoms with Gasteiger partial charge in [-0.15, -0.1) is 0 Å². The highest BCUT2D eigenvalue weighted by Gasteiger charge is 2.16. The van der Waals surface area contributed by atoms with Gasteiger partial charge in [0, 0.05) is 19.5 Å². The summed E-state index contributed by atoms with van der Waals surface area (Å²) in [5, 5.41) is 2.68. The summed E-state index contributed by atoms with van der Waals surface area (Å²) >= 11 is 0. The zero-order chi connectivity index (χ0) is 6.69. The van der Waals surface area contributed by atoms with Crippen molar-refractivity contribution in [1.82, 2.24) is 5.32 Å². The predicted octanol–water partition coefficient (Wildman–Crippen LogP) is -0.0328. The number of amides is 1. The van der Waals surface area contributed by atoms with Crippen LogP contribution < -0.4 is 5.32 Å². The maximum absolute atomic E-state index is 10.7. The Bertz CT molecular complexity index is 151. The van der Waals surface area contributed by atoms with Gasteiger partial charge in [-0.2, -0.15) is 0 Å². The van der Waals surface area contributed by atoms with Gasteiger partial charge in [0.1, 0.15) is 5.71 Å². The fourth-order valence-corrected chi connectivity index (χ4v) is 0.852. The molecule has 3 nitrogen and oxygen atoms in total. The molecule has 3 heteroatoms. The molecule has 0 aromatic rings. The Morgan fingerprint density at radius 3 is 3.00 bits per heavy atom. The van der Waals surface area contributed by atoms with Crippen LogP contribution in [0.15, 0.2) is 4.99 Å². The van der Waals surface area contributed by atoms with Crippen molar-refractivity contribution in [2.45, 2.75) is 13.3 Å². The quantitative estimate of drug-likeness (QED) is 0.526. The molecule has 0 spiro atoms. The maximum Gasteiger partial charge on any atom is 0.265 e. The molecule has 0 atom stereocenters. The molecule has 1 heterocycles. The van der Waals surface area contributed by atoms with E-state index in [1.54, 1.807) is 0 Å². The number of nitrogens with one attached hydrogen (secondary N) is 1. The monoisotopic (exact) mass is 126 g/mol. The summed E-state index contributed by atoms with van der Waals surface area (Å²) in [5.41, 5.74) is 0.706. The summed E-state index contributed by atoms with van der Waals surface area (Å²) in [6.45, 7) is 3.40. The lowest BCUT2D eigenvalue weighted by Gasteiger charge is -1.87. The van der Waals surface area contributed by atoms with Crippen molar-refractivity contribution in [2.75, 3.05) is 13.1 Å². The van der Waals surface area contributed by atoms with E-state index >= 15 is 0 Å². The first-order valence-corrected chi connectivity index (χ1v) is 3.16. The molecule has 0 aromatic heterocycles. The standard InChI is InChI=1S/C6H10N2O/c1-2-7-5-3-4-8-6(5)9/h2-4H2,1H3,(H,8,9). The number of hydrogen-bond donors (Lipinski definition) is 1. The lowest BCUT2D eigenvalue weighted by Crippen LogP contribution is -2.18. The average molecular weight is 126 g/mol. The van der Waals surface area contributed by atoms with Crippen LogP contribution in [-0.2, 0) is 4.79 Å². The van der Waals surface area contributed by atoms with Crippen molar-refractivity contribution in [2.24, 2.45) is 4.99 Å². The molecule has 0 saturated carbocycles. The van der Waals surface area contributed by atoms with Crippen molar-refractivity contribution in [3.8, 4) is 0 Å². The number of carbonyl (C=O) groups excluding carboxylic acids is 1. The largest absolute Gasteiger partial charge is 0.351 e. The number of hydrogen-bond acceptors (Lipinski definition) is 2. The van der Waals surface area contributed by atoms with Gasteiger partial charge in [-0.3, -0.25) is 9.79 Å². The molecule has 0 aromatic carbocycles. The number of nitrogens with zero attached hydrogens (tertiary/aromatic N) is 1. The average Bonchev–Trinajstić information content (AvgIpc) is 2.18. The number of aliphatic imine (C=N–C) groups is 1. The Kier molecular flexibility index (Phi) is 1.82. The molecule has 50 valence electrons. The van der Waals surface area contributed by atoms with Gasteiger partial charge in [-0.1, -0.05) is 0 Å². The van der Waals surface area contributed by atoms with Crippen molar-refractivity contribution in [3.05, 3.63) is 0 Å². The molecule has 1 saturated heterocycles. The second kappa shape index (κ2) is 2.62. The second-order valence-electron chi connectivity index (χ2n) is 1.93. The third kappa shape index (κ3) is 1.28. The smallest absolute Gasteiger partial charge is 0.265 e. The van der Waals surface area contributed by atoms with Crippen LogP contribution >= 0.6 is 0 Å². The minimum absolute atomic E-state index is 0.0110. The van der Waals surface area contributed by atoms with Gasteiger partial charge in [0.15, 0.2) is 0 Å². The van der Waals surface area contributed by atoms with Gasteiger partial charge in [0.2, 0.25) is 0 Å². The van der Waals surface area contributed by atoms with Crippen LogP contribution in [0, 0.1) is 0 Å². The summed E-state index contributed by atoms with van der Waals surface area (Å²) < 4.78 is 0. The molecule has 1 N–H and O–H groups in total. The topological polar surface area (TPSA) is 41.5 Å². The molecule has 1 rings (SSSR count). The fourth-order valence-electron chi connectivity index (χ4n) is 0.852. The van der Waals surface area contributed by atoms with Gasteiger partial charge in [0.05, 0.1) is 0 Å². The van der Waals surface area contributed by atoms with Crippen molar-refractivity contribution < 1.29 is 4.79 Å². The minimum Gasteiger partial charge on any atom is -0.351 e. The highest BCUT2D eigenvalue weighted by molar-refractivity contribution is 6.40. The Morgan fingerprint density at radius 1 is 1.78 bits per heavy atom. The molecular formula is C6H10N2O. The molecule has 1 fully saturated rings. The Balaban J connectivity index is 2.59. The van der Waals surface area contributed by atoms with Crippen LogP contribution in [-0.4, -0.2) is 24.7 Å². The van der Waals surface area contributed by atoms with Crippen LogP contribution in [0.3, 0.4) is 0 Å². The van der Waals surface area contributed by atoms with E-state index < -0.39 is 0 Å². The Morgan fingerprint density at radius 2 is 2.56 bits per heavy atom. The Hall–Kier alpha value is -0.860. The molecule has 0 unspecified atom stereocenters. The number of carbonyl (C=O) groups is 1. The van der Waals surface area contributed by atoms with Crippen molar-refractivity contribution >= 4 is 11.6 Å². The third-order valence-corrected chi connectivity index (χ3v) is 1.26.